The van der Waals surface area contributed by atoms with E-state index in [1.54, 1.807) is 24.3 Å². The van der Waals surface area contributed by atoms with Crippen molar-refractivity contribution in [2.45, 2.75) is 19.4 Å². The minimum absolute atomic E-state index is 0. The molecule has 8 heteroatoms. The molecule has 0 unspecified atom stereocenters. The van der Waals surface area contributed by atoms with E-state index in [0.29, 0.717) is 29.8 Å². The predicted octanol–water partition coefficient (Wildman–Crippen LogP) is 2.40. The van der Waals surface area contributed by atoms with E-state index in [4.69, 9.17) is 10.5 Å². The molecular formula is C19H21ClFN3O3. The van der Waals surface area contributed by atoms with Gasteiger partial charge in [-0.1, -0.05) is 12.1 Å². The largest absolute Gasteiger partial charge is 0.493 e. The van der Waals surface area contributed by atoms with Crippen LogP contribution in [0.1, 0.15) is 27.9 Å². The molecule has 1 heterocycles. The van der Waals surface area contributed by atoms with E-state index < -0.39 is 5.91 Å². The lowest BCUT2D eigenvalue weighted by Crippen LogP contribution is -2.25. The molecule has 2 aromatic rings. The van der Waals surface area contributed by atoms with Gasteiger partial charge in [0.1, 0.15) is 11.6 Å². The van der Waals surface area contributed by atoms with Crippen LogP contribution in [0.25, 0.3) is 0 Å². The first-order chi connectivity index (χ1) is 12.5. The topological polar surface area (TPSA) is 93.5 Å². The lowest BCUT2D eigenvalue weighted by molar-refractivity contribution is -0.116. The molecule has 0 saturated carbocycles. The molecule has 144 valence electrons. The molecule has 0 bridgehead atoms. The van der Waals surface area contributed by atoms with Crippen LogP contribution < -0.4 is 21.1 Å². The zero-order chi connectivity index (χ0) is 18.5. The highest BCUT2D eigenvalue weighted by Crippen LogP contribution is 2.24. The number of hydrogen-bond acceptors (Lipinski definition) is 4. The van der Waals surface area contributed by atoms with Gasteiger partial charge >= 0.3 is 0 Å². The minimum Gasteiger partial charge on any atom is -0.493 e. The molecule has 0 aliphatic carbocycles. The summed E-state index contributed by atoms with van der Waals surface area (Å²) >= 11 is 0. The second-order valence-electron chi connectivity index (χ2n) is 6.03. The molecule has 0 radical (unpaired) electrons. The first-order valence-electron chi connectivity index (χ1n) is 8.38. The summed E-state index contributed by atoms with van der Waals surface area (Å²) in [4.78, 5) is 23.2. The maximum Gasteiger partial charge on any atom is 0.248 e. The number of amides is 2. The van der Waals surface area contributed by atoms with Crippen molar-refractivity contribution < 1.29 is 18.7 Å². The minimum atomic E-state index is -0.550. The Balaban J connectivity index is 0.00000261. The van der Waals surface area contributed by atoms with E-state index in [0.717, 1.165) is 12.1 Å². The van der Waals surface area contributed by atoms with Crippen molar-refractivity contribution in [1.29, 1.82) is 0 Å². The van der Waals surface area contributed by atoms with Crippen molar-refractivity contribution in [2.75, 3.05) is 18.5 Å². The fourth-order valence-corrected chi connectivity index (χ4v) is 2.84. The Hall–Kier alpha value is -2.64. The molecule has 2 amide bonds. The van der Waals surface area contributed by atoms with Gasteiger partial charge in [0.2, 0.25) is 11.8 Å². The van der Waals surface area contributed by atoms with E-state index in [9.17, 15) is 14.0 Å². The van der Waals surface area contributed by atoms with Crippen molar-refractivity contribution in [3.05, 3.63) is 58.9 Å². The highest BCUT2D eigenvalue weighted by molar-refractivity contribution is 5.93. The van der Waals surface area contributed by atoms with Crippen LogP contribution in [0.5, 0.6) is 5.75 Å². The fourth-order valence-electron chi connectivity index (χ4n) is 2.84. The number of benzene rings is 2. The number of fused-ring (bicyclic) bond motifs is 1. The number of nitrogens with two attached hydrogens (primary N) is 1. The number of anilines is 1. The highest BCUT2D eigenvalue weighted by Gasteiger charge is 2.17. The maximum absolute atomic E-state index is 14.5. The molecule has 4 N–H and O–H groups in total. The van der Waals surface area contributed by atoms with Gasteiger partial charge in [0.15, 0.2) is 0 Å². The lowest BCUT2D eigenvalue weighted by atomic mass is 9.99. The molecule has 3 rings (SSSR count). The Morgan fingerprint density at radius 3 is 2.85 bits per heavy atom. The standard InChI is InChI=1S/C19H20FN3O3.ClH/c20-18-15-6-8-22-11-13(15)4-5-16(18)23-17(24)7-9-26-14-3-1-2-12(10-14)19(21)25;/h1-5,10,22H,6-9,11H2,(H2,21,25)(H,23,24);1H. The molecule has 6 nitrogen and oxygen atoms in total. The summed E-state index contributed by atoms with van der Waals surface area (Å²) in [6, 6.07) is 9.81. The number of primary amides is 1. The van der Waals surface area contributed by atoms with E-state index in [1.165, 1.54) is 6.07 Å². The first kappa shape index (κ1) is 20.7. The number of rotatable bonds is 6. The molecule has 0 saturated heterocycles. The summed E-state index contributed by atoms with van der Waals surface area (Å²) < 4.78 is 20.0. The van der Waals surface area contributed by atoms with Crippen LogP contribution in [0.2, 0.25) is 0 Å². The van der Waals surface area contributed by atoms with Gasteiger partial charge < -0.3 is 21.1 Å². The van der Waals surface area contributed by atoms with Gasteiger partial charge in [0.25, 0.3) is 0 Å². The highest BCUT2D eigenvalue weighted by atomic mass is 35.5. The van der Waals surface area contributed by atoms with Crippen LogP contribution >= 0.6 is 12.4 Å². The summed E-state index contributed by atoms with van der Waals surface area (Å²) in [5.74, 6) is -0.816. The van der Waals surface area contributed by atoms with Gasteiger partial charge in [0.05, 0.1) is 18.7 Å². The van der Waals surface area contributed by atoms with Gasteiger partial charge in [-0.15, -0.1) is 12.4 Å². The summed E-state index contributed by atoms with van der Waals surface area (Å²) in [6.07, 6.45) is 0.656. The molecule has 0 spiro atoms. The molecule has 2 aromatic carbocycles. The number of halogens is 2. The summed E-state index contributed by atoms with van der Waals surface area (Å²) in [6.45, 7) is 1.46. The second kappa shape index (κ2) is 9.34. The first-order valence-corrected chi connectivity index (χ1v) is 8.38. The van der Waals surface area contributed by atoms with Gasteiger partial charge in [-0.2, -0.15) is 0 Å². The Morgan fingerprint density at radius 1 is 1.26 bits per heavy atom. The van der Waals surface area contributed by atoms with E-state index in [-0.39, 0.29) is 42.8 Å². The van der Waals surface area contributed by atoms with Crippen LogP contribution in [0.15, 0.2) is 36.4 Å². The van der Waals surface area contributed by atoms with Crippen molar-refractivity contribution >= 4 is 29.9 Å². The molecular weight excluding hydrogens is 373 g/mol. The third kappa shape index (κ3) is 5.18. The molecule has 0 fully saturated rings. The number of carbonyl (C=O) groups is 2. The van der Waals surface area contributed by atoms with Gasteiger partial charge in [-0.25, -0.2) is 4.39 Å². The zero-order valence-corrected chi connectivity index (χ0v) is 15.4. The molecule has 1 aliphatic heterocycles. The predicted molar refractivity (Wildman–Crippen MR) is 103 cm³/mol. The third-order valence-corrected chi connectivity index (χ3v) is 4.20. The van der Waals surface area contributed by atoms with Crippen LogP contribution in [0.3, 0.4) is 0 Å². The molecule has 27 heavy (non-hydrogen) atoms. The summed E-state index contributed by atoms with van der Waals surface area (Å²) in [5, 5.41) is 5.77. The van der Waals surface area contributed by atoms with Crippen molar-refractivity contribution in [3.8, 4) is 5.75 Å². The van der Waals surface area contributed by atoms with Gasteiger partial charge in [0, 0.05) is 12.1 Å². The SMILES string of the molecule is Cl.NC(=O)c1cccc(OCCC(=O)Nc2ccc3c(c2F)CCNC3)c1. The Kier molecular flexibility index (Phi) is 7.15. The van der Waals surface area contributed by atoms with Crippen LogP contribution in [0, 0.1) is 5.82 Å². The van der Waals surface area contributed by atoms with E-state index in [2.05, 4.69) is 10.6 Å². The van der Waals surface area contributed by atoms with Gasteiger partial charge in [-0.05, 0) is 48.4 Å². The smallest absolute Gasteiger partial charge is 0.248 e. The Labute approximate surface area is 162 Å². The van der Waals surface area contributed by atoms with E-state index >= 15 is 0 Å². The average Bonchev–Trinajstić information content (AvgIpc) is 2.64. The normalized spacial score (nSPS) is 12.5. The van der Waals surface area contributed by atoms with E-state index in [1.807, 2.05) is 6.07 Å². The fraction of sp³-hybridized carbons (Fsp3) is 0.263. The number of carbonyl (C=O) groups excluding carboxylic acids is 2. The van der Waals surface area contributed by atoms with Crippen LogP contribution in [-0.4, -0.2) is 25.0 Å². The van der Waals surface area contributed by atoms with Crippen molar-refractivity contribution in [1.82, 2.24) is 5.32 Å². The van der Waals surface area contributed by atoms with Gasteiger partial charge in [-0.3, -0.25) is 9.59 Å². The van der Waals surface area contributed by atoms with Crippen molar-refractivity contribution in [2.24, 2.45) is 5.73 Å². The number of ether oxygens (including phenoxy) is 1. The number of nitrogens with one attached hydrogen (secondary N) is 2. The third-order valence-electron chi connectivity index (χ3n) is 4.20. The Morgan fingerprint density at radius 2 is 2.07 bits per heavy atom. The molecule has 0 aromatic heterocycles. The molecule has 0 atom stereocenters. The lowest BCUT2D eigenvalue weighted by Gasteiger charge is -2.19. The monoisotopic (exact) mass is 393 g/mol. The van der Waals surface area contributed by atoms with Crippen molar-refractivity contribution in [3.63, 3.8) is 0 Å². The zero-order valence-electron chi connectivity index (χ0n) is 14.6. The molecule has 1 aliphatic rings. The van der Waals surface area contributed by atoms with Crippen LogP contribution in [-0.2, 0) is 17.8 Å². The summed E-state index contributed by atoms with van der Waals surface area (Å²) in [5.41, 5.74) is 7.30. The quantitative estimate of drug-likeness (QED) is 0.702. The second-order valence-corrected chi connectivity index (χ2v) is 6.03. The van der Waals surface area contributed by atoms with Crippen LogP contribution in [0.4, 0.5) is 10.1 Å². The summed E-state index contributed by atoms with van der Waals surface area (Å²) in [7, 11) is 0. The Bertz CT molecular complexity index is 845. The number of hydrogen-bond donors (Lipinski definition) is 3. The maximum atomic E-state index is 14.5. The average molecular weight is 394 g/mol.